The summed E-state index contributed by atoms with van der Waals surface area (Å²) in [6.45, 7) is 0. The molecule has 0 nitrogen and oxygen atoms in total. The van der Waals surface area contributed by atoms with Crippen LogP contribution in [0.5, 0.6) is 0 Å². The molecule has 0 aliphatic carbocycles. The summed E-state index contributed by atoms with van der Waals surface area (Å²) in [7, 11) is 0. The summed E-state index contributed by atoms with van der Waals surface area (Å²) in [6.07, 6.45) is 0. The SMILES string of the molecule is c1ccc(-c2ccc3cc(-c4cccc(-c5cc6c7ccccc7c(-c7cccc(-c8ccc9cc(-c%10ccccc%10)ccc9c8)c7)cc6c6ccccc56)c4)ccc3c2)cc1. The topological polar surface area (TPSA) is 0 Å². The fraction of sp³-hybridized carbons (Fsp3) is 0. The lowest BCUT2D eigenvalue weighted by molar-refractivity contribution is 1.61. The van der Waals surface area contributed by atoms with E-state index in [2.05, 4.69) is 243 Å². The van der Waals surface area contributed by atoms with Gasteiger partial charge in [0.1, 0.15) is 0 Å². The standard InChI is InChI=1S/C62H40/c1-3-13-41(14-4-1)45-25-27-51-35-47(29-31-49(51)33-45)43-17-11-19-53(37-43)59-39-61-58-24-10-8-22-56(58)60(40-62(61)57-23-9-7-21-55(57)59)54-20-12-18-44(38-54)48-30-32-50-34-46(26-28-52(50)36-48)42-15-5-2-6-16-42/h1-40H. The molecule has 0 saturated heterocycles. The predicted octanol–water partition coefficient (Wildman–Crippen LogP) is 17.5. The molecule has 0 heterocycles. The van der Waals surface area contributed by atoms with Gasteiger partial charge in [0.15, 0.2) is 0 Å². The summed E-state index contributed by atoms with van der Waals surface area (Å²) in [5.74, 6) is 0. The Morgan fingerprint density at radius 1 is 0.145 bits per heavy atom. The third kappa shape index (κ3) is 6.33. The van der Waals surface area contributed by atoms with Crippen molar-refractivity contribution in [2.24, 2.45) is 0 Å². The third-order valence-electron chi connectivity index (χ3n) is 12.8. The van der Waals surface area contributed by atoms with Crippen molar-refractivity contribution in [3.8, 4) is 66.8 Å². The molecule has 0 bridgehead atoms. The highest BCUT2D eigenvalue weighted by Crippen LogP contribution is 2.43. The molecule has 0 aromatic heterocycles. The van der Waals surface area contributed by atoms with Crippen molar-refractivity contribution >= 4 is 53.9 Å². The smallest absolute Gasteiger partial charge is 0.00923 e. The first-order valence-electron chi connectivity index (χ1n) is 21.5. The Kier molecular flexibility index (Phi) is 8.61. The Hall–Kier alpha value is -8.06. The summed E-state index contributed by atoms with van der Waals surface area (Å²) in [4.78, 5) is 0. The molecule has 0 atom stereocenters. The molecular formula is C62H40. The molecule has 0 radical (unpaired) electrons. The van der Waals surface area contributed by atoms with Gasteiger partial charge in [0.2, 0.25) is 0 Å². The molecule has 12 aromatic carbocycles. The Bertz CT molecular complexity index is 3430. The van der Waals surface area contributed by atoms with Crippen molar-refractivity contribution in [3.63, 3.8) is 0 Å². The molecular weight excluding hydrogens is 745 g/mol. The first kappa shape index (κ1) is 35.8. The molecule has 0 fully saturated rings. The van der Waals surface area contributed by atoms with E-state index < -0.39 is 0 Å². The zero-order valence-corrected chi connectivity index (χ0v) is 34.1. The number of rotatable bonds is 6. The van der Waals surface area contributed by atoms with Gasteiger partial charge in [0, 0.05) is 0 Å². The van der Waals surface area contributed by atoms with Gasteiger partial charge in [-0.2, -0.15) is 0 Å². The quantitative estimate of drug-likeness (QED) is 0.147. The van der Waals surface area contributed by atoms with Crippen LogP contribution in [0.3, 0.4) is 0 Å². The van der Waals surface area contributed by atoms with E-state index in [4.69, 9.17) is 0 Å². The van der Waals surface area contributed by atoms with E-state index in [9.17, 15) is 0 Å². The molecule has 0 heteroatoms. The molecule has 0 aliphatic heterocycles. The van der Waals surface area contributed by atoms with E-state index in [1.165, 1.54) is 121 Å². The summed E-state index contributed by atoms with van der Waals surface area (Å²) >= 11 is 0. The molecule has 288 valence electrons. The molecule has 0 spiro atoms. The maximum absolute atomic E-state index is 2.43. The third-order valence-corrected chi connectivity index (χ3v) is 12.8. The van der Waals surface area contributed by atoms with Crippen molar-refractivity contribution in [2.45, 2.75) is 0 Å². The molecule has 12 rings (SSSR count). The van der Waals surface area contributed by atoms with Gasteiger partial charge in [-0.3, -0.25) is 0 Å². The average Bonchev–Trinajstić information content (AvgIpc) is 3.35. The van der Waals surface area contributed by atoms with Crippen molar-refractivity contribution in [1.29, 1.82) is 0 Å². The highest BCUT2D eigenvalue weighted by molar-refractivity contribution is 6.24. The maximum atomic E-state index is 2.43. The molecule has 12 aromatic rings. The monoisotopic (exact) mass is 784 g/mol. The summed E-state index contributed by atoms with van der Waals surface area (Å²) < 4.78 is 0. The number of fused-ring (bicyclic) bond motifs is 7. The molecule has 62 heavy (non-hydrogen) atoms. The van der Waals surface area contributed by atoms with Crippen LogP contribution in [0.4, 0.5) is 0 Å². The fourth-order valence-corrected chi connectivity index (χ4v) is 9.63. The predicted molar refractivity (Wildman–Crippen MR) is 267 cm³/mol. The van der Waals surface area contributed by atoms with Crippen LogP contribution >= 0.6 is 0 Å². The van der Waals surface area contributed by atoms with Crippen LogP contribution in [-0.2, 0) is 0 Å². The molecule has 0 unspecified atom stereocenters. The van der Waals surface area contributed by atoms with E-state index in [0.29, 0.717) is 0 Å². The largest absolute Gasteiger partial charge is 0.0622 e. The van der Waals surface area contributed by atoms with Gasteiger partial charge in [-0.05, 0) is 169 Å². The zero-order valence-electron chi connectivity index (χ0n) is 34.1. The number of benzene rings is 12. The van der Waals surface area contributed by atoms with E-state index in [1.807, 2.05) is 0 Å². The zero-order chi connectivity index (χ0) is 41.0. The second-order valence-electron chi connectivity index (χ2n) is 16.5. The van der Waals surface area contributed by atoms with E-state index >= 15 is 0 Å². The van der Waals surface area contributed by atoms with Crippen molar-refractivity contribution < 1.29 is 0 Å². The summed E-state index contributed by atoms with van der Waals surface area (Å²) in [6, 6.07) is 89.4. The Balaban J connectivity index is 0.943. The van der Waals surface area contributed by atoms with Gasteiger partial charge >= 0.3 is 0 Å². The van der Waals surface area contributed by atoms with Crippen molar-refractivity contribution in [1.82, 2.24) is 0 Å². The van der Waals surface area contributed by atoms with Gasteiger partial charge in [-0.15, -0.1) is 0 Å². The van der Waals surface area contributed by atoms with Crippen molar-refractivity contribution in [2.75, 3.05) is 0 Å². The minimum atomic E-state index is 1.21. The highest BCUT2D eigenvalue weighted by atomic mass is 14.2. The van der Waals surface area contributed by atoms with Gasteiger partial charge in [-0.1, -0.05) is 194 Å². The summed E-state index contributed by atoms with van der Waals surface area (Å²) in [5.41, 5.74) is 14.7. The maximum Gasteiger partial charge on any atom is -0.00923 e. The van der Waals surface area contributed by atoms with Gasteiger partial charge in [-0.25, -0.2) is 0 Å². The number of hydrogen-bond acceptors (Lipinski definition) is 0. The molecule has 0 saturated carbocycles. The van der Waals surface area contributed by atoms with Gasteiger partial charge in [0.05, 0.1) is 0 Å². The van der Waals surface area contributed by atoms with Crippen LogP contribution < -0.4 is 0 Å². The molecule has 0 aliphatic rings. The normalized spacial score (nSPS) is 11.5. The van der Waals surface area contributed by atoms with Crippen LogP contribution in [0.15, 0.2) is 243 Å². The number of hydrogen-bond donors (Lipinski definition) is 0. The minimum absolute atomic E-state index is 1.21. The summed E-state index contributed by atoms with van der Waals surface area (Å²) in [5, 5.41) is 12.5. The first-order chi connectivity index (χ1) is 30.7. The van der Waals surface area contributed by atoms with E-state index in [0.717, 1.165) is 0 Å². The van der Waals surface area contributed by atoms with Crippen molar-refractivity contribution in [3.05, 3.63) is 243 Å². The lowest BCUT2D eigenvalue weighted by atomic mass is 9.87. The highest BCUT2D eigenvalue weighted by Gasteiger charge is 2.16. The van der Waals surface area contributed by atoms with Crippen LogP contribution in [0, 0.1) is 0 Å². The lowest BCUT2D eigenvalue weighted by Crippen LogP contribution is -1.90. The minimum Gasteiger partial charge on any atom is -0.0622 e. The second kappa shape index (κ2) is 14.9. The Morgan fingerprint density at radius 2 is 0.435 bits per heavy atom. The average molecular weight is 785 g/mol. The van der Waals surface area contributed by atoms with Gasteiger partial charge < -0.3 is 0 Å². The van der Waals surface area contributed by atoms with E-state index in [-0.39, 0.29) is 0 Å². The van der Waals surface area contributed by atoms with Gasteiger partial charge in [0.25, 0.3) is 0 Å². The molecule has 0 N–H and O–H groups in total. The first-order valence-corrected chi connectivity index (χ1v) is 21.5. The Morgan fingerprint density at radius 3 is 0.823 bits per heavy atom. The Labute approximate surface area is 361 Å². The lowest BCUT2D eigenvalue weighted by Gasteiger charge is -2.17. The molecule has 0 amide bonds. The fourth-order valence-electron chi connectivity index (χ4n) is 9.63. The van der Waals surface area contributed by atoms with Crippen LogP contribution in [0.1, 0.15) is 0 Å². The van der Waals surface area contributed by atoms with Crippen LogP contribution in [0.2, 0.25) is 0 Å². The van der Waals surface area contributed by atoms with E-state index in [1.54, 1.807) is 0 Å². The second-order valence-corrected chi connectivity index (χ2v) is 16.5. The van der Waals surface area contributed by atoms with Crippen LogP contribution in [-0.4, -0.2) is 0 Å². The van der Waals surface area contributed by atoms with Crippen LogP contribution in [0.25, 0.3) is 121 Å².